The summed E-state index contributed by atoms with van der Waals surface area (Å²) in [5.74, 6) is -1.90. The molecule has 0 spiro atoms. The molecule has 9 nitrogen and oxygen atoms in total. The van der Waals surface area contributed by atoms with Crippen molar-refractivity contribution in [2.45, 2.75) is 20.8 Å². The van der Waals surface area contributed by atoms with Gasteiger partial charge in [0.25, 0.3) is 11.8 Å². The summed E-state index contributed by atoms with van der Waals surface area (Å²) in [4.78, 5) is 54.6. The number of nitrogens with zero attached hydrogens (tertiary/aromatic N) is 3. The van der Waals surface area contributed by atoms with Gasteiger partial charge in [0.2, 0.25) is 0 Å². The number of pyridine rings is 1. The van der Waals surface area contributed by atoms with Crippen LogP contribution in [0.2, 0.25) is 0 Å². The van der Waals surface area contributed by atoms with Gasteiger partial charge < -0.3 is 9.30 Å². The second-order valence-electron chi connectivity index (χ2n) is 7.82. The average molecular weight is 458 g/mol. The van der Waals surface area contributed by atoms with E-state index in [1.165, 1.54) is 37.7 Å². The number of hydrogen-bond donors (Lipinski definition) is 1. The number of hydrogen-bond acceptors (Lipinski definition) is 6. The van der Waals surface area contributed by atoms with E-state index in [1.54, 1.807) is 12.1 Å². The molecule has 2 aromatic heterocycles. The Hall–Kier alpha value is -4.53. The number of methoxy groups -OCH3 is 1. The Bertz CT molecular complexity index is 1370. The molecule has 0 bridgehead atoms. The van der Waals surface area contributed by atoms with Gasteiger partial charge in [-0.25, -0.2) is 14.5 Å². The normalized spacial score (nSPS) is 15.0. The van der Waals surface area contributed by atoms with Gasteiger partial charge in [-0.3, -0.25) is 19.9 Å². The fourth-order valence-electron chi connectivity index (χ4n) is 4.00. The standard InChI is InChI=1S/C25H22N4O5/c1-14-11-17(24(32)34-4)5-6-21(14)28-15(2)12-18(16(28)3)13-20-22(30)27-25(33)29(23(20)31)19-7-9-26-10-8-19/h5-13H,1-4H3,(H,27,30,33)/b20-13+. The highest BCUT2D eigenvalue weighted by molar-refractivity contribution is 6.39. The Morgan fingerprint density at radius 1 is 1.03 bits per heavy atom. The molecule has 1 saturated heterocycles. The zero-order chi connectivity index (χ0) is 24.6. The molecule has 34 heavy (non-hydrogen) atoms. The van der Waals surface area contributed by atoms with E-state index in [0.717, 1.165) is 27.5 Å². The summed E-state index contributed by atoms with van der Waals surface area (Å²) in [5, 5.41) is 2.22. The third-order valence-corrected chi connectivity index (χ3v) is 5.65. The number of nitrogens with one attached hydrogen (secondary N) is 1. The molecule has 4 rings (SSSR count). The molecular weight excluding hydrogens is 436 g/mol. The van der Waals surface area contributed by atoms with Crippen LogP contribution in [0.5, 0.6) is 0 Å². The number of rotatable bonds is 4. The van der Waals surface area contributed by atoms with Gasteiger partial charge in [-0.15, -0.1) is 0 Å². The smallest absolute Gasteiger partial charge is 0.337 e. The first-order valence-corrected chi connectivity index (χ1v) is 10.4. The number of carbonyl (C=O) groups excluding carboxylic acids is 4. The number of imide groups is 2. The van der Waals surface area contributed by atoms with Crippen LogP contribution in [0.25, 0.3) is 11.8 Å². The Kier molecular flexibility index (Phi) is 5.85. The summed E-state index contributed by atoms with van der Waals surface area (Å²) in [5.41, 5.74) is 4.59. The molecule has 3 aromatic rings. The molecule has 4 amide bonds. The van der Waals surface area contributed by atoms with E-state index in [1.807, 2.05) is 37.5 Å². The zero-order valence-electron chi connectivity index (χ0n) is 19.1. The molecular formula is C25H22N4O5. The minimum absolute atomic E-state index is 0.158. The van der Waals surface area contributed by atoms with E-state index in [2.05, 4.69) is 10.3 Å². The number of amides is 4. The van der Waals surface area contributed by atoms with Gasteiger partial charge in [-0.05, 0) is 74.4 Å². The van der Waals surface area contributed by atoms with Crippen LogP contribution in [0.15, 0.2) is 54.4 Å². The van der Waals surface area contributed by atoms with E-state index in [9.17, 15) is 19.2 Å². The van der Waals surface area contributed by atoms with Crippen LogP contribution in [0.1, 0.15) is 32.9 Å². The van der Waals surface area contributed by atoms with Crippen molar-refractivity contribution in [2.24, 2.45) is 0 Å². The quantitative estimate of drug-likeness (QED) is 0.365. The molecule has 1 aliphatic rings. The van der Waals surface area contributed by atoms with Crippen molar-refractivity contribution in [3.05, 3.63) is 82.4 Å². The molecule has 172 valence electrons. The van der Waals surface area contributed by atoms with Gasteiger partial charge in [-0.2, -0.15) is 0 Å². The summed E-state index contributed by atoms with van der Waals surface area (Å²) in [7, 11) is 1.33. The Labute approximate surface area is 195 Å². The summed E-state index contributed by atoms with van der Waals surface area (Å²) < 4.78 is 6.76. The number of aromatic nitrogens is 2. The van der Waals surface area contributed by atoms with E-state index >= 15 is 0 Å². The number of anilines is 1. The number of urea groups is 1. The monoisotopic (exact) mass is 458 g/mol. The minimum atomic E-state index is -0.815. The van der Waals surface area contributed by atoms with Crippen LogP contribution in [-0.2, 0) is 14.3 Å². The maximum absolute atomic E-state index is 13.1. The highest BCUT2D eigenvalue weighted by Gasteiger charge is 2.37. The lowest BCUT2D eigenvalue weighted by Gasteiger charge is -2.26. The SMILES string of the molecule is COC(=O)c1ccc(-n2c(C)cc(/C=C3\C(=O)NC(=O)N(c4ccncc4)C3=O)c2C)c(C)c1. The van der Waals surface area contributed by atoms with Crippen LogP contribution in [0.4, 0.5) is 10.5 Å². The van der Waals surface area contributed by atoms with Crippen LogP contribution < -0.4 is 10.2 Å². The maximum atomic E-state index is 13.1. The maximum Gasteiger partial charge on any atom is 0.337 e. The first-order valence-electron chi connectivity index (χ1n) is 10.4. The summed E-state index contributed by atoms with van der Waals surface area (Å²) >= 11 is 0. The van der Waals surface area contributed by atoms with E-state index < -0.39 is 23.8 Å². The van der Waals surface area contributed by atoms with E-state index in [0.29, 0.717) is 16.8 Å². The average Bonchev–Trinajstić information content (AvgIpc) is 3.09. The van der Waals surface area contributed by atoms with Crippen LogP contribution in [-0.4, -0.2) is 40.5 Å². The van der Waals surface area contributed by atoms with Crippen LogP contribution in [0.3, 0.4) is 0 Å². The van der Waals surface area contributed by atoms with Crippen LogP contribution >= 0.6 is 0 Å². The molecule has 1 N–H and O–H groups in total. The van der Waals surface area contributed by atoms with Gasteiger partial charge in [0.05, 0.1) is 18.4 Å². The lowest BCUT2D eigenvalue weighted by atomic mass is 10.1. The van der Waals surface area contributed by atoms with Gasteiger partial charge in [-0.1, -0.05) is 0 Å². The van der Waals surface area contributed by atoms with Crippen molar-refractivity contribution in [3.8, 4) is 5.69 Å². The lowest BCUT2D eigenvalue weighted by molar-refractivity contribution is -0.122. The predicted octanol–water partition coefficient (Wildman–Crippen LogP) is 3.25. The predicted molar refractivity (Wildman–Crippen MR) is 125 cm³/mol. The lowest BCUT2D eigenvalue weighted by Crippen LogP contribution is -2.54. The third kappa shape index (κ3) is 3.88. The molecule has 3 heterocycles. The molecule has 0 atom stereocenters. The number of benzene rings is 1. The largest absolute Gasteiger partial charge is 0.465 e. The second kappa shape index (κ2) is 8.78. The minimum Gasteiger partial charge on any atom is -0.465 e. The molecule has 1 fully saturated rings. The fraction of sp³-hybridized carbons (Fsp3) is 0.160. The first kappa shape index (κ1) is 22.7. The third-order valence-electron chi connectivity index (χ3n) is 5.65. The Balaban J connectivity index is 1.75. The number of carbonyl (C=O) groups is 4. The van der Waals surface area contributed by atoms with Crippen molar-refractivity contribution >= 4 is 35.6 Å². The van der Waals surface area contributed by atoms with Crippen molar-refractivity contribution in [2.75, 3.05) is 12.0 Å². The first-order chi connectivity index (χ1) is 16.2. The molecule has 9 heteroatoms. The van der Waals surface area contributed by atoms with Crippen molar-refractivity contribution in [1.29, 1.82) is 0 Å². The van der Waals surface area contributed by atoms with Gasteiger partial charge in [0, 0.05) is 29.5 Å². The molecule has 0 saturated carbocycles. The Morgan fingerprint density at radius 2 is 1.74 bits per heavy atom. The Morgan fingerprint density at radius 3 is 2.38 bits per heavy atom. The molecule has 0 unspecified atom stereocenters. The highest BCUT2D eigenvalue weighted by atomic mass is 16.5. The molecule has 0 radical (unpaired) electrons. The second-order valence-corrected chi connectivity index (χ2v) is 7.82. The zero-order valence-corrected chi connectivity index (χ0v) is 19.1. The molecule has 1 aromatic carbocycles. The summed E-state index contributed by atoms with van der Waals surface area (Å²) in [6, 6.07) is 9.31. The topological polar surface area (TPSA) is 111 Å². The van der Waals surface area contributed by atoms with Gasteiger partial charge in [0.15, 0.2) is 0 Å². The fourth-order valence-corrected chi connectivity index (χ4v) is 4.00. The van der Waals surface area contributed by atoms with Crippen molar-refractivity contribution < 1.29 is 23.9 Å². The molecule has 1 aliphatic heterocycles. The van der Waals surface area contributed by atoms with Crippen molar-refractivity contribution in [3.63, 3.8) is 0 Å². The molecule has 0 aliphatic carbocycles. The summed E-state index contributed by atoms with van der Waals surface area (Å²) in [6.45, 7) is 5.65. The highest BCUT2D eigenvalue weighted by Crippen LogP contribution is 2.27. The number of aryl methyl sites for hydroxylation is 2. The number of esters is 1. The van der Waals surface area contributed by atoms with E-state index in [4.69, 9.17) is 4.74 Å². The number of barbiturate groups is 1. The van der Waals surface area contributed by atoms with E-state index in [-0.39, 0.29) is 5.57 Å². The number of ether oxygens (including phenoxy) is 1. The summed E-state index contributed by atoms with van der Waals surface area (Å²) in [6.07, 6.45) is 4.39. The van der Waals surface area contributed by atoms with Crippen LogP contribution in [0, 0.1) is 20.8 Å². The van der Waals surface area contributed by atoms with Gasteiger partial charge >= 0.3 is 12.0 Å². The van der Waals surface area contributed by atoms with Gasteiger partial charge in [0.1, 0.15) is 5.57 Å². The van der Waals surface area contributed by atoms with Crippen molar-refractivity contribution in [1.82, 2.24) is 14.9 Å².